The van der Waals surface area contributed by atoms with Crippen molar-refractivity contribution in [1.82, 2.24) is 9.97 Å². The van der Waals surface area contributed by atoms with Gasteiger partial charge in [-0.3, -0.25) is 10.1 Å². The second kappa shape index (κ2) is 6.49. The Balaban J connectivity index is 1.99. The molecule has 98 valence electrons. The van der Waals surface area contributed by atoms with Gasteiger partial charge >= 0.3 is 0 Å². The van der Waals surface area contributed by atoms with Crippen LogP contribution in [-0.4, -0.2) is 22.4 Å². The molecule has 0 spiro atoms. The van der Waals surface area contributed by atoms with Gasteiger partial charge in [0, 0.05) is 30.2 Å². The molecule has 0 saturated heterocycles. The topological polar surface area (TPSA) is 66.9 Å². The van der Waals surface area contributed by atoms with E-state index in [0.717, 1.165) is 18.7 Å². The number of nitrogens with zero attached hydrogens (tertiary/aromatic N) is 2. The van der Waals surface area contributed by atoms with E-state index in [1.807, 2.05) is 12.1 Å². The lowest BCUT2D eigenvalue weighted by Crippen LogP contribution is -2.13. The number of nitrogens with one attached hydrogen (secondary N) is 2. The summed E-state index contributed by atoms with van der Waals surface area (Å²) >= 11 is 0. The highest BCUT2D eigenvalue weighted by Crippen LogP contribution is 2.10. The molecule has 1 aromatic heterocycles. The molecule has 0 saturated carbocycles. The Morgan fingerprint density at radius 3 is 2.47 bits per heavy atom. The van der Waals surface area contributed by atoms with Gasteiger partial charge in [0.05, 0.1) is 0 Å². The van der Waals surface area contributed by atoms with Gasteiger partial charge in [0.2, 0.25) is 5.95 Å². The zero-order chi connectivity index (χ0) is 13.5. The fraction of sp³-hybridized carbons (Fsp3) is 0.214. The summed E-state index contributed by atoms with van der Waals surface area (Å²) in [6.45, 7) is 3.03. The molecule has 2 N–H and O–H groups in total. The number of amides is 1. The maximum Gasteiger partial charge on any atom is 0.258 e. The van der Waals surface area contributed by atoms with Crippen molar-refractivity contribution in [3.8, 4) is 0 Å². The van der Waals surface area contributed by atoms with E-state index in [2.05, 4.69) is 27.5 Å². The van der Waals surface area contributed by atoms with Crippen LogP contribution in [0, 0.1) is 0 Å². The summed E-state index contributed by atoms with van der Waals surface area (Å²) in [6.07, 6.45) is 4.23. The van der Waals surface area contributed by atoms with E-state index in [4.69, 9.17) is 0 Å². The van der Waals surface area contributed by atoms with E-state index in [9.17, 15) is 4.79 Å². The van der Waals surface area contributed by atoms with Gasteiger partial charge in [-0.05, 0) is 36.8 Å². The molecular formula is C14H16N4O. The van der Waals surface area contributed by atoms with Crippen LogP contribution in [0.5, 0.6) is 0 Å². The standard InChI is InChI=1S/C14H16N4O/c1-2-8-15-12-6-4-11(5-7-12)13(19)18-14-16-9-3-10-17-14/h3-7,9-10,15H,2,8H2,1H3,(H,16,17,18,19). The van der Waals surface area contributed by atoms with Gasteiger partial charge in [-0.1, -0.05) is 6.92 Å². The Labute approximate surface area is 112 Å². The smallest absolute Gasteiger partial charge is 0.258 e. The maximum atomic E-state index is 11.9. The molecule has 0 radical (unpaired) electrons. The van der Waals surface area contributed by atoms with Gasteiger partial charge in [-0.2, -0.15) is 0 Å². The molecule has 5 nitrogen and oxygen atoms in total. The summed E-state index contributed by atoms with van der Waals surface area (Å²) in [6, 6.07) is 9.02. The summed E-state index contributed by atoms with van der Waals surface area (Å²) in [7, 11) is 0. The molecule has 1 aromatic carbocycles. The van der Waals surface area contributed by atoms with E-state index >= 15 is 0 Å². The van der Waals surface area contributed by atoms with Crippen molar-refractivity contribution in [3.05, 3.63) is 48.3 Å². The maximum absolute atomic E-state index is 11.9. The Morgan fingerprint density at radius 1 is 1.16 bits per heavy atom. The first-order valence-electron chi connectivity index (χ1n) is 6.22. The molecule has 0 atom stereocenters. The highest BCUT2D eigenvalue weighted by molar-refractivity contribution is 6.03. The van der Waals surface area contributed by atoms with Crippen LogP contribution in [0.4, 0.5) is 11.6 Å². The lowest BCUT2D eigenvalue weighted by atomic mass is 10.2. The summed E-state index contributed by atoms with van der Waals surface area (Å²) in [4.78, 5) is 19.8. The van der Waals surface area contributed by atoms with Crippen molar-refractivity contribution in [2.75, 3.05) is 17.2 Å². The molecule has 19 heavy (non-hydrogen) atoms. The summed E-state index contributed by atoms with van der Waals surface area (Å²) in [5, 5.41) is 5.89. The molecule has 0 aliphatic rings. The second-order valence-electron chi connectivity index (χ2n) is 4.03. The molecule has 1 amide bonds. The highest BCUT2D eigenvalue weighted by Gasteiger charge is 2.06. The molecule has 0 fully saturated rings. The second-order valence-corrected chi connectivity index (χ2v) is 4.03. The van der Waals surface area contributed by atoms with Crippen LogP contribution in [-0.2, 0) is 0 Å². The van der Waals surface area contributed by atoms with Crippen molar-refractivity contribution < 1.29 is 4.79 Å². The Bertz CT molecular complexity index is 525. The number of carbonyl (C=O) groups is 1. The zero-order valence-electron chi connectivity index (χ0n) is 10.8. The van der Waals surface area contributed by atoms with Crippen LogP contribution in [0.25, 0.3) is 0 Å². The van der Waals surface area contributed by atoms with Gasteiger partial charge in [0.15, 0.2) is 0 Å². The predicted octanol–water partition coefficient (Wildman–Crippen LogP) is 2.55. The van der Waals surface area contributed by atoms with Crippen LogP contribution >= 0.6 is 0 Å². The minimum atomic E-state index is -0.215. The van der Waals surface area contributed by atoms with Gasteiger partial charge in [-0.15, -0.1) is 0 Å². The minimum absolute atomic E-state index is 0.215. The van der Waals surface area contributed by atoms with Gasteiger partial charge in [-0.25, -0.2) is 9.97 Å². The van der Waals surface area contributed by atoms with Crippen molar-refractivity contribution in [1.29, 1.82) is 0 Å². The normalized spacial score (nSPS) is 9.95. The third-order valence-electron chi connectivity index (χ3n) is 2.52. The van der Waals surface area contributed by atoms with Crippen molar-refractivity contribution in [3.63, 3.8) is 0 Å². The van der Waals surface area contributed by atoms with Crippen LogP contribution in [0.3, 0.4) is 0 Å². The first-order valence-corrected chi connectivity index (χ1v) is 6.22. The van der Waals surface area contributed by atoms with E-state index in [0.29, 0.717) is 11.5 Å². The number of aromatic nitrogens is 2. The van der Waals surface area contributed by atoms with E-state index in [1.165, 1.54) is 0 Å². The molecule has 5 heteroatoms. The lowest BCUT2D eigenvalue weighted by molar-refractivity contribution is 0.102. The van der Waals surface area contributed by atoms with Crippen LogP contribution < -0.4 is 10.6 Å². The lowest BCUT2D eigenvalue weighted by Gasteiger charge is -2.06. The molecule has 2 rings (SSSR count). The molecule has 2 aromatic rings. The third kappa shape index (κ3) is 3.77. The van der Waals surface area contributed by atoms with E-state index in [-0.39, 0.29) is 5.91 Å². The molecule has 0 aliphatic carbocycles. The quantitative estimate of drug-likeness (QED) is 0.862. The summed E-state index contributed by atoms with van der Waals surface area (Å²) in [5.41, 5.74) is 1.59. The number of rotatable bonds is 5. The summed E-state index contributed by atoms with van der Waals surface area (Å²) < 4.78 is 0. The van der Waals surface area contributed by atoms with Crippen molar-refractivity contribution >= 4 is 17.5 Å². The largest absolute Gasteiger partial charge is 0.385 e. The first kappa shape index (κ1) is 13.0. The average molecular weight is 256 g/mol. The fourth-order valence-corrected chi connectivity index (χ4v) is 1.55. The zero-order valence-corrected chi connectivity index (χ0v) is 10.8. The van der Waals surface area contributed by atoms with Gasteiger partial charge < -0.3 is 5.32 Å². The highest BCUT2D eigenvalue weighted by atomic mass is 16.1. The number of anilines is 2. The molecule has 1 heterocycles. The van der Waals surface area contributed by atoms with Crippen LogP contribution in [0.2, 0.25) is 0 Å². The van der Waals surface area contributed by atoms with E-state index < -0.39 is 0 Å². The van der Waals surface area contributed by atoms with Crippen molar-refractivity contribution in [2.24, 2.45) is 0 Å². The van der Waals surface area contributed by atoms with Crippen LogP contribution in [0.15, 0.2) is 42.7 Å². The molecule has 0 unspecified atom stereocenters. The SMILES string of the molecule is CCCNc1ccc(C(=O)Nc2ncccn2)cc1. The number of hydrogen-bond acceptors (Lipinski definition) is 4. The molecule has 0 bridgehead atoms. The monoisotopic (exact) mass is 256 g/mol. The first-order chi connectivity index (χ1) is 9.29. The Morgan fingerprint density at radius 2 is 1.84 bits per heavy atom. The van der Waals surface area contributed by atoms with Crippen LogP contribution in [0.1, 0.15) is 23.7 Å². The number of benzene rings is 1. The third-order valence-corrected chi connectivity index (χ3v) is 2.52. The van der Waals surface area contributed by atoms with Gasteiger partial charge in [0.1, 0.15) is 0 Å². The van der Waals surface area contributed by atoms with Gasteiger partial charge in [0.25, 0.3) is 5.91 Å². The number of hydrogen-bond donors (Lipinski definition) is 2. The van der Waals surface area contributed by atoms with E-state index in [1.54, 1.807) is 30.6 Å². The average Bonchev–Trinajstić information content (AvgIpc) is 2.46. The molecular weight excluding hydrogens is 240 g/mol. The fourth-order valence-electron chi connectivity index (χ4n) is 1.55. The predicted molar refractivity (Wildman–Crippen MR) is 75.2 cm³/mol. The van der Waals surface area contributed by atoms with Crippen molar-refractivity contribution in [2.45, 2.75) is 13.3 Å². The summed E-state index contributed by atoms with van der Waals surface area (Å²) in [5.74, 6) is 0.0916. The molecule has 0 aliphatic heterocycles. The minimum Gasteiger partial charge on any atom is -0.385 e. The Kier molecular flexibility index (Phi) is 4.44. The number of carbonyl (C=O) groups excluding carboxylic acids is 1. The Hall–Kier alpha value is -2.43.